The van der Waals surface area contributed by atoms with Gasteiger partial charge in [-0.3, -0.25) is 10.1 Å². The van der Waals surface area contributed by atoms with E-state index in [1.54, 1.807) is 6.07 Å². The summed E-state index contributed by atoms with van der Waals surface area (Å²) >= 11 is 0. The maximum absolute atomic E-state index is 10.4. The lowest BCUT2D eigenvalue weighted by Gasteiger charge is -2.09. The van der Waals surface area contributed by atoms with Crippen molar-refractivity contribution < 1.29 is 14.8 Å². The molecule has 1 aromatic carbocycles. The number of nitro groups is 1. The summed E-state index contributed by atoms with van der Waals surface area (Å²) in [5, 5.41) is 20.7. The molecule has 1 atom stereocenters. The van der Waals surface area contributed by atoms with Crippen LogP contribution in [0, 0.1) is 10.1 Å². The fourth-order valence-corrected chi connectivity index (χ4v) is 0.979. The third kappa shape index (κ3) is 2.02. The van der Waals surface area contributed by atoms with Crippen LogP contribution in [0.1, 0.15) is 11.6 Å². The van der Waals surface area contributed by atoms with Crippen LogP contribution in [-0.4, -0.2) is 10.9 Å². The first-order valence-corrected chi connectivity index (χ1v) is 3.52. The summed E-state index contributed by atoms with van der Waals surface area (Å²) in [6, 6.07) is 5.70. The summed E-state index contributed by atoms with van der Waals surface area (Å²) in [5.74, 6) is -1.70. The molecular weight excluding hydrogens is 174 g/mol. The van der Waals surface area contributed by atoms with E-state index in [2.05, 4.69) is 0 Å². The SMILES string of the molecule is O=C([O-])C(c1ccccc1)[N+](=O)[O-]. The zero-order valence-corrected chi connectivity index (χ0v) is 6.54. The van der Waals surface area contributed by atoms with Crippen LogP contribution in [0.25, 0.3) is 0 Å². The lowest BCUT2D eigenvalue weighted by Crippen LogP contribution is -2.34. The standard InChI is InChI=1S/C8H7NO4/c10-8(11)7(9(12)13)6-4-2-1-3-5-6/h1-5,7H,(H,10,11)/p-1. The van der Waals surface area contributed by atoms with Crippen LogP contribution in [0.5, 0.6) is 0 Å². The van der Waals surface area contributed by atoms with Gasteiger partial charge in [0.05, 0.1) is 0 Å². The second kappa shape index (κ2) is 3.66. The largest absolute Gasteiger partial charge is 0.543 e. The van der Waals surface area contributed by atoms with E-state index in [-0.39, 0.29) is 5.56 Å². The average molecular weight is 180 g/mol. The second-order valence-corrected chi connectivity index (χ2v) is 2.42. The van der Waals surface area contributed by atoms with Crippen molar-refractivity contribution in [2.75, 3.05) is 0 Å². The molecule has 0 aliphatic carbocycles. The second-order valence-electron chi connectivity index (χ2n) is 2.42. The van der Waals surface area contributed by atoms with Crippen LogP contribution < -0.4 is 5.11 Å². The number of nitrogens with zero attached hydrogens (tertiary/aromatic N) is 1. The Hall–Kier alpha value is -1.91. The maximum atomic E-state index is 10.4. The van der Waals surface area contributed by atoms with Crippen molar-refractivity contribution in [1.29, 1.82) is 0 Å². The van der Waals surface area contributed by atoms with Gasteiger partial charge < -0.3 is 9.90 Å². The smallest absolute Gasteiger partial charge is 0.277 e. The Kier molecular flexibility index (Phi) is 2.59. The Labute approximate surface area is 73.8 Å². The Morgan fingerprint density at radius 3 is 2.23 bits per heavy atom. The molecule has 0 heterocycles. The molecule has 0 aromatic heterocycles. The van der Waals surface area contributed by atoms with E-state index in [9.17, 15) is 20.0 Å². The van der Waals surface area contributed by atoms with E-state index in [1.165, 1.54) is 24.3 Å². The molecule has 0 aliphatic rings. The number of carboxylic acids is 1. The van der Waals surface area contributed by atoms with Crippen molar-refractivity contribution in [1.82, 2.24) is 0 Å². The minimum atomic E-state index is -1.78. The van der Waals surface area contributed by atoms with Gasteiger partial charge >= 0.3 is 0 Å². The summed E-state index contributed by atoms with van der Waals surface area (Å²) in [5.41, 5.74) is 0.118. The molecule has 0 saturated carbocycles. The quantitative estimate of drug-likeness (QED) is 0.474. The molecule has 1 rings (SSSR count). The number of hydrogen-bond donors (Lipinski definition) is 0. The highest BCUT2D eigenvalue weighted by molar-refractivity contribution is 5.71. The van der Waals surface area contributed by atoms with Gasteiger partial charge in [0.1, 0.15) is 5.97 Å². The van der Waals surface area contributed by atoms with Gasteiger partial charge in [-0.2, -0.15) is 0 Å². The van der Waals surface area contributed by atoms with Crippen LogP contribution in [0.15, 0.2) is 30.3 Å². The molecule has 68 valence electrons. The summed E-state index contributed by atoms with van der Waals surface area (Å²) in [6.45, 7) is 0. The molecule has 0 bridgehead atoms. The highest BCUT2D eigenvalue weighted by atomic mass is 16.6. The van der Waals surface area contributed by atoms with Gasteiger partial charge in [-0.1, -0.05) is 30.3 Å². The van der Waals surface area contributed by atoms with Crippen molar-refractivity contribution in [3.63, 3.8) is 0 Å². The number of carbonyl (C=O) groups excluding carboxylic acids is 1. The van der Waals surface area contributed by atoms with Crippen LogP contribution in [0.2, 0.25) is 0 Å². The molecule has 0 N–H and O–H groups in total. The van der Waals surface area contributed by atoms with Crippen molar-refractivity contribution >= 4 is 5.97 Å². The fourth-order valence-electron chi connectivity index (χ4n) is 0.979. The molecule has 0 radical (unpaired) electrons. The predicted molar refractivity (Wildman–Crippen MR) is 41.2 cm³/mol. The highest BCUT2D eigenvalue weighted by Gasteiger charge is 2.23. The molecule has 13 heavy (non-hydrogen) atoms. The van der Waals surface area contributed by atoms with Crippen LogP contribution >= 0.6 is 0 Å². The molecule has 1 unspecified atom stereocenters. The molecule has 0 aliphatic heterocycles. The van der Waals surface area contributed by atoms with E-state index in [0.29, 0.717) is 0 Å². The van der Waals surface area contributed by atoms with E-state index in [0.717, 1.165) is 0 Å². The molecular formula is C8H6NO4-. The van der Waals surface area contributed by atoms with Crippen molar-refractivity contribution in [2.24, 2.45) is 0 Å². The highest BCUT2D eigenvalue weighted by Crippen LogP contribution is 2.14. The summed E-state index contributed by atoms with van der Waals surface area (Å²) < 4.78 is 0. The van der Waals surface area contributed by atoms with Crippen LogP contribution in [0.4, 0.5) is 0 Å². The zero-order valence-electron chi connectivity index (χ0n) is 6.54. The normalized spacial score (nSPS) is 12.0. The Bertz CT molecular complexity index is 308. The molecule has 0 fully saturated rings. The summed E-state index contributed by atoms with van der Waals surface area (Å²) in [6.07, 6.45) is 0. The first kappa shape index (κ1) is 9.18. The van der Waals surface area contributed by atoms with E-state index < -0.39 is 16.9 Å². The van der Waals surface area contributed by atoms with E-state index in [4.69, 9.17) is 0 Å². The number of rotatable bonds is 3. The third-order valence-electron chi connectivity index (χ3n) is 1.55. The Morgan fingerprint density at radius 1 is 1.31 bits per heavy atom. The van der Waals surface area contributed by atoms with Crippen LogP contribution in [0.3, 0.4) is 0 Å². The molecule has 5 heteroatoms. The number of aliphatic carboxylic acids is 1. The van der Waals surface area contributed by atoms with Gasteiger partial charge in [0.25, 0.3) is 6.04 Å². The Morgan fingerprint density at radius 2 is 1.85 bits per heavy atom. The number of hydrogen-bond acceptors (Lipinski definition) is 4. The van der Waals surface area contributed by atoms with Gasteiger partial charge in [-0.05, 0) is 0 Å². The zero-order chi connectivity index (χ0) is 9.84. The monoisotopic (exact) mass is 180 g/mol. The molecule has 1 aromatic rings. The Balaban J connectivity index is 3.03. The lowest BCUT2D eigenvalue weighted by atomic mass is 10.1. The molecule has 0 spiro atoms. The first-order chi connectivity index (χ1) is 6.13. The minimum absolute atomic E-state index is 0.118. The van der Waals surface area contributed by atoms with Gasteiger partial charge in [0.15, 0.2) is 0 Å². The third-order valence-corrected chi connectivity index (χ3v) is 1.55. The number of benzene rings is 1. The number of carbonyl (C=O) groups is 1. The maximum Gasteiger partial charge on any atom is 0.277 e. The lowest BCUT2D eigenvalue weighted by molar-refractivity contribution is -0.529. The topological polar surface area (TPSA) is 83.3 Å². The van der Waals surface area contributed by atoms with Crippen molar-refractivity contribution in [3.05, 3.63) is 46.0 Å². The minimum Gasteiger partial charge on any atom is -0.543 e. The van der Waals surface area contributed by atoms with Crippen molar-refractivity contribution in [3.8, 4) is 0 Å². The molecule has 5 nitrogen and oxygen atoms in total. The fraction of sp³-hybridized carbons (Fsp3) is 0.125. The van der Waals surface area contributed by atoms with E-state index >= 15 is 0 Å². The van der Waals surface area contributed by atoms with Crippen molar-refractivity contribution in [2.45, 2.75) is 6.04 Å². The van der Waals surface area contributed by atoms with E-state index in [1.807, 2.05) is 0 Å². The summed E-state index contributed by atoms with van der Waals surface area (Å²) in [4.78, 5) is 19.8. The summed E-state index contributed by atoms with van der Waals surface area (Å²) in [7, 11) is 0. The van der Waals surface area contributed by atoms with Gasteiger partial charge in [-0.25, -0.2) is 0 Å². The number of carboxylic acid groups (broad SMARTS) is 1. The van der Waals surface area contributed by atoms with Gasteiger partial charge in [0.2, 0.25) is 0 Å². The average Bonchev–Trinajstić information content (AvgIpc) is 2.04. The molecule has 0 saturated heterocycles. The predicted octanol–water partition coefficient (Wildman–Crippen LogP) is -0.246. The first-order valence-electron chi connectivity index (χ1n) is 3.52. The van der Waals surface area contributed by atoms with Crippen LogP contribution in [-0.2, 0) is 4.79 Å². The van der Waals surface area contributed by atoms with Gasteiger partial charge in [-0.15, -0.1) is 0 Å². The van der Waals surface area contributed by atoms with Gasteiger partial charge in [0, 0.05) is 10.5 Å². The molecule has 0 amide bonds.